The summed E-state index contributed by atoms with van der Waals surface area (Å²) in [5.41, 5.74) is 2.81. The first-order chi connectivity index (χ1) is 12.0. The van der Waals surface area contributed by atoms with E-state index in [1.165, 1.54) is 28.0 Å². The van der Waals surface area contributed by atoms with E-state index in [1.54, 1.807) is 6.08 Å². The van der Waals surface area contributed by atoms with Crippen molar-refractivity contribution < 1.29 is 9.59 Å². The van der Waals surface area contributed by atoms with Crippen LogP contribution in [0.3, 0.4) is 0 Å². The van der Waals surface area contributed by atoms with Crippen molar-refractivity contribution in [2.75, 3.05) is 16.8 Å². The van der Waals surface area contributed by atoms with Crippen molar-refractivity contribution in [2.24, 2.45) is 0 Å². The van der Waals surface area contributed by atoms with E-state index in [0.29, 0.717) is 21.7 Å². The molecule has 1 fully saturated rings. The second kappa shape index (κ2) is 7.37. The van der Waals surface area contributed by atoms with Crippen LogP contribution in [0.2, 0.25) is 0 Å². The third-order valence-electron chi connectivity index (χ3n) is 3.90. The number of carbonyl (C=O) groups excluding carboxylic acids is 2. The summed E-state index contributed by atoms with van der Waals surface area (Å²) < 4.78 is 0.666. The van der Waals surface area contributed by atoms with Gasteiger partial charge in [0.2, 0.25) is 16.9 Å². The third-order valence-corrected chi connectivity index (χ3v) is 6.05. The Morgan fingerprint density at radius 2 is 2.16 bits per heavy atom. The fraction of sp³-hybridized carbons (Fsp3) is 0.294. The zero-order valence-electron chi connectivity index (χ0n) is 14.0. The Kier molecular flexibility index (Phi) is 5.19. The number of carbonyl (C=O) groups is 2. The van der Waals surface area contributed by atoms with Gasteiger partial charge in [-0.15, -0.1) is 16.8 Å². The van der Waals surface area contributed by atoms with E-state index in [-0.39, 0.29) is 18.2 Å². The minimum atomic E-state index is -0.464. The molecular formula is C17H18N4O2S2. The second-order valence-corrected chi connectivity index (χ2v) is 8.12. The summed E-state index contributed by atoms with van der Waals surface area (Å²) in [4.78, 5) is 26.4. The molecule has 2 aromatic rings. The molecule has 2 heterocycles. The molecule has 130 valence electrons. The van der Waals surface area contributed by atoms with Gasteiger partial charge in [0.1, 0.15) is 5.25 Å². The zero-order valence-corrected chi connectivity index (χ0v) is 15.6. The van der Waals surface area contributed by atoms with Crippen LogP contribution in [-0.2, 0) is 9.59 Å². The van der Waals surface area contributed by atoms with Gasteiger partial charge in [-0.05, 0) is 37.1 Å². The number of aryl methyl sites for hydroxylation is 2. The maximum atomic E-state index is 12.7. The Morgan fingerprint density at radius 1 is 1.36 bits per heavy atom. The van der Waals surface area contributed by atoms with E-state index in [4.69, 9.17) is 0 Å². The monoisotopic (exact) mass is 374 g/mol. The molecule has 8 heteroatoms. The summed E-state index contributed by atoms with van der Waals surface area (Å²) in [6.07, 6.45) is 1.90. The smallest absolute Gasteiger partial charge is 0.247 e. The zero-order chi connectivity index (χ0) is 18.0. The first-order valence-electron chi connectivity index (χ1n) is 7.78. The highest BCUT2D eigenvalue weighted by atomic mass is 32.2. The van der Waals surface area contributed by atoms with Crippen molar-refractivity contribution in [3.63, 3.8) is 0 Å². The van der Waals surface area contributed by atoms with Crippen molar-refractivity contribution in [1.29, 1.82) is 0 Å². The van der Waals surface area contributed by atoms with Gasteiger partial charge in [-0.3, -0.25) is 9.59 Å². The normalized spacial score (nSPS) is 17.2. The highest BCUT2D eigenvalue weighted by Gasteiger charge is 2.40. The van der Waals surface area contributed by atoms with Crippen LogP contribution in [0.15, 0.2) is 35.2 Å². The highest BCUT2D eigenvalue weighted by Crippen LogP contribution is 2.36. The number of anilines is 2. The molecule has 0 unspecified atom stereocenters. The van der Waals surface area contributed by atoms with E-state index < -0.39 is 5.25 Å². The lowest BCUT2D eigenvalue weighted by molar-refractivity contribution is -0.121. The van der Waals surface area contributed by atoms with Crippen LogP contribution >= 0.6 is 23.1 Å². The van der Waals surface area contributed by atoms with Gasteiger partial charge in [0.15, 0.2) is 4.34 Å². The minimum absolute atomic E-state index is 0.172. The van der Waals surface area contributed by atoms with Crippen molar-refractivity contribution in [1.82, 2.24) is 10.2 Å². The Labute approximate surface area is 154 Å². The number of rotatable bonds is 6. The van der Waals surface area contributed by atoms with Gasteiger partial charge in [0, 0.05) is 13.0 Å². The van der Waals surface area contributed by atoms with E-state index in [9.17, 15) is 9.59 Å². The lowest BCUT2D eigenvalue weighted by Gasteiger charge is -2.16. The molecule has 1 atom stereocenters. The Bertz CT molecular complexity index is 834. The Morgan fingerprint density at radius 3 is 2.88 bits per heavy atom. The fourth-order valence-corrected chi connectivity index (χ4v) is 4.47. The summed E-state index contributed by atoms with van der Waals surface area (Å²) in [6.45, 7) is 8.20. The molecule has 0 aliphatic carbocycles. The molecule has 1 aromatic heterocycles. The van der Waals surface area contributed by atoms with Crippen LogP contribution in [-0.4, -0.2) is 33.8 Å². The minimum Gasteiger partial charge on any atom is -0.357 e. The van der Waals surface area contributed by atoms with Crippen molar-refractivity contribution in [2.45, 2.75) is 29.9 Å². The molecule has 1 aliphatic heterocycles. The standard InChI is InChI=1S/C17H18N4O2S2/c1-4-7-18-16-19-20-17(25-16)24-13-9-14(22)21(15(13)23)12-6-5-10(2)11(3)8-12/h4-6,8,13H,1,7,9H2,2-3H3,(H,18,19)/t13-/m1/s1. The summed E-state index contributed by atoms with van der Waals surface area (Å²) >= 11 is 2.65. The van der Waals surface area contributed by atoms with Gasteiger partial charge in [-0.25, -0.2) is 4.90 Å². The number of aromatic nitrogens is 2. The molecule has 1 N–H and O–H groups in total. The lowest BCUT2D eigenvalue weighted by atomic mass is 10.1. The van der Waals surface area contributed by atoms with E-state index >= 15 is 0 Å². The summed E-state index contributed by atoms with van der Waals surface area (Å²) in [7, 11) is 0. The largest absolute Gasteiger partial charge is 0.357 e. The third kappa shape index (κ3) is 3.74. The lowest BCUT2D eigenvalue weighted by Crippen LogP contribution is -2.31. The maximum Gasteiger partial charge on any atom is 0.247 e. The Hall–Kier alpha value is -2.19. The molecule has 2 amide bonds. The molecule has 0 bridgehead atoms. The van der Waals surface area contributed by atoms with Gasteiger partial charge < -0.3 is 5.32 Å². The average Bonchev–Trinajstić information content (AvgIpc) is 3.13. The predicted molar refractivity (Wildman–Crippen MR) is 101 cm³/mol. The predicted octanol–water partition coefficient (Wildman–Crippen LogP) is 3.18. The van der Waals surface area contributed by atoms with Crippen molar-refractivity contribution in [3.05, 3.63) is 42.0 Å². The summed E-state index contributed by atoms with van der Waals surface area (Å²) in [5, 5.41) is 11.4. The Balaban J connectivity index is 1.73. The average molecular weight is 374 g/mol. The molecular weight excluding hydrogens is 356 g/mol. The van der Waals surface area contributed by atoms with Crippen molar-refractivity contribution >= 4 is 45.7 Å². The SMILES string of the molecule is C=CCNc1nnc(S[C@@H]2CC(=O)N(c3ccc(C)c(C)c3)C2=O)s1. The number of hydrogen-bond acceptors (Lipinski definition) is 7. The first kappa shape index (κ1) is 17.6. The van der Waals surface area contributed by atoms with Crippen LogP contribution in [0, 0.1) is 13.8 Å². The fourth-order valence-electron chi connectivity index (χ4n) is 2.44. The quantitative estimate of drug-likeness (QED) is 0.618. The van der Waals surface area contributed by atoms with Crippen LogP contribution in [0.5, 0.6) is 0 Å². The summed E-state index contributed by atoms with van der Waals surface area (Å²) in [6, 6.07) is 5.61. The number of imide groups is 1. The first-order valence-corrected chi connectivity index (χ1v) is 9.48. The van der Waals surface area contributed by atoms with Gasteiger partial charge >= 0.3 is 0 Å². The van der Waals surface area contributed by atoms with Gasteiger partial charge in [0.25, 0.3) is 0 Å². The van der Waals surface area contributed by atoms with Crippen LogP contribution < -0.4 is 10.2 Å². The highest BCUT2D eigenvalue weighted by molar-refractivity contribution is 8.02. The van der Waals surface area contributed by atoms with Crippen LogP contribution in [0.1, 0.15) is 17.5 Å². The topological polar surface area (TPSA) is 75.2 Å². The van der Waals surface area contributed by atoms with Gasteiger partial charge in [0.05, 0.1) is 5.69 Å². The number of hydrogen-bond donors (Lipinski definition) is 1. The van der Waals surface area contributed by atoms with Crippen LogP contribution in [0.4, 0.5) is 10.8 Å². The number of nitrogens with one attached hydrogen (secondary N) is 1. The maximum absolute atomic E-state index is 12.7. The number of thioether (sulfide) groups is 1. The molecule has 1 aromatic carbocycles. The van der Waals surface area contributed by atoms with E-state index in [2.05, 4.69) is 22.1 Å². The molecule has 1 aliphatic rings. The number of amides is 2. The molecule has 0 saturated carbocycles. The molecule has 1 saturated heterocycles. The van der Waals surface area contributed by atoms with E-state index in [1.807, 2.05) is 32.0 Å². The van der Waals surface area contributed by atoms with Gasteiger partial charge in [-0.1, -0.05) is 35.2 Å². The molecule has 25 heavy (non-hydrogen) atoms. The molecule has 0 spiro atoms. The molecule has 3 rings (SSSR count). The van der Waals surface area contributed by atoms with Gasteiger partial charge in [-0.2, -0.15) is 0 Å². The number of benzene rings is 1. The van der Waals surface area contributed by atoms with Crippen LogP contribution in [0.25, 0.3) is 0 Å². The molecule has 6 nitrogen and oxygen atoms in total. The van der Waals surface area contributed by atoms with E-state index in [0.717, 1.165) is 11.1 Å². The van der Waals surface area contributed by atoms with Crippen molar-refractivity contribution in [3.8, 4) is 0 Å². The summed E-state index contributed by atoms with van der Waals surface area (Å²) in [5.74, 6) is -0.380. The molecule has 0 radical (unpaired) electrons. The number of nitrogens with zero attached hydrogens (tertiary/aromatic N) is 3. The second-order valence-electron chi connectivity index (χ2n) is 5.69.